The lowest BCUT2D eigenvalue weighted by molar-refractivity contribution is 0.497. The molecule has 0 spiro atoms. The number of benzene rings is 1. The van der Waals surface area contributed by atoms with Crippen molar-refractivity contribution in [2.24, 2.45) is 0 Å². The maximum absolute atomic E-state index is 14.0. The number of halogens is 3. The van der Waals surface area contributed by atoms with E-state index in [1.54, 1.807) is 18.4 Å². The largest absolute Gasteiger partial charge is 0.316 e. The Kier molecular flexibility index (Phi) is 5.23. The molecule has 0 saturated carbocycles. The van der Waals surface area contributed by atoms with Crippen molar-refractivity contribution >= 4 is 27.3 Å². The molecule has 1 unspecified atom stereocenters. The molecule has 0 fully saturated rings. The van der Waals surface area contributed by atoms with Gasteiger partial charge in [-0.05, 0) is 48.5 Å². The predicted molar refractivity (Wildman–Crippen MR) is 81.2 cm³/mol. The van der Waals surface area contributed by atoms with Crippen LogP contribution in [0.2, 0.25) is 0 Å². The molecule has 0 aliphatic carbocycles. The minimum atomic E-state index is -0.528. The van der Waals surface area contributed by atoms with Crippen LogP contribution < -0.4 is 5.32 Å². The third-order valence-electron chi connectivity index (χ3n) is 3.12. The highest BCUT2D eigenvalue weighted by molar-refractivity contribution is 9.10. The summed E-state index contributed by atoms with van der Waals surface area (Å²) in [7, 11) is 1.79. The van der Waals surface area contributed by atoms with Crippen molar-refractivity contribution in [3.63, 3.8) is 0 Å². The van der Waals surface area contributed by atoms with Gasteiger partial charge in [-0.3, -0.25) is 0 Å². The molecule has 0 saturated heterocycles. The van der Waals surface area contributed by atoms with Crippen LogP contribution in [0.3, 0.4) is 0 Å². The van der Waals surface area contributed by atoms with Gasteiger partial charge in [-0.2, -0.15) is 0 Å². The first-order valence-electron chi connectivity index (χ1n) is 6.22. The maximum atomic E-state index is 14.0. The summed E-state index contributed by atoms with van der Waals surface area (Å²) in [6.45, 7) is 1.94. The van der Waals surface area contributed by atoms with Gasteiger partial charge in [0.1, 0.15) is 11.6 Å². The molecule has 1 heterocycles. The molecule has 1 N–H and O–H groups in total. The van der Waals surface area contributed by atoms with Gasteiger partial charge in [0.15, 0.2) is 0 Å². The molecule has 2 rings (SSSR count). The number of rotatable bonds is 5. The summed E-state index contributed by atoms with van der Waals surface area (Å²) in [5, 5.41) is 6.07. The number of thiazole rings is 1. The van der Waals surface area contributed by atoms with E-state index >= 15 is 0 Å². The molecule has 6 heteroatoms. The molecule has 0 radical (unpaired) electrons. The molecule has 1 aromatic carbocycles. The van der Waals surface area contributed by atoms with E-state index in [1.807, 2.05) is 12.3 Å². The van der Waals surface area contributed by atoms with E-state index in [2.05, 4.69) is 26.2 Å². The second-order valence-corrected chi connectivity index (χ2v) is 6.49. The summed E-state index contributed by atoms with van der Waals surface area (Å²) >= 11 is 4.67. The number of hydrogen-bond acceptors (Lipinski definition) is 3. The average molecular weight is 361 g/mol. The van der Waals surface area contributed by atoms with E-state index in [4.69, 9.17) is 0 Å². The number of aromatic nitrogens is 1. The van der Waals surface area contributed by atoms with E-state index in [9.17, 15) is 8.78 Å². The van der Waals surface area contributed by atoms with Crippen molar-refractivity contribution in [3.8, 4) is 0 Å². The van der Waals surface area contributed by atoms with Crippen molar-refractivity contribution in [1.29, 1.82) is 0 Å². The Labute approximate surface area is 129 Å². The highest BCUT2D eigenvalue weighted by atomic mass is 79.9. The molecule has 0 aliphatic heterocycles. The molecule has 1 aromatic heterocycles. The maximum Gasteiger partial charge on any atom is 0.143 e. The first kappa shape index (κ1) is 15.5. The van der Waals surface area contributed by atoms with E-state index in [0.29, 0.717) is 6.42 Å². The molecule has 2 nitrogen and oxygen atoms in total. The van der Waals surface area contributed by atoms with E-state index in [0.717, 1.165) is 10.7 Å². The Morgan fingerprint density at radius 3 is 2.70 bits per heavy atom. The Morgan fingerprint density at radius 1 is 1.35 bits per heavy atom. The number of hydrogen-bond donors (Lipinski definition) is 1. The van der Waals surface area contributed by atoms with Crippen LogP contribution in [-0.4, -0.2) is 18.1 Å². The Morgan fingerprint density at radius 2 is 2.10 bits per heavy atom. The number of nitrogens with one attached hydrogen (secondary N) is 1. The molecule has 0 amide bonds. The zero-order chi connectivity index (χ0) is 14.7. The summed E-state index contributed by atoms with van der Waals surface area (Å²) < 4.78 is 28.0. The first-order valence-corrected chi connectivity index (χ1v) is 7.89. The summed E-state index contributed by atoms with van der Waals surface area (Å²) in [4.78, 5) is 4.38. The standard InChI is InChI=1S/C14H15BrF2N2S/c1-8-19-10(7-20-8)5-9(18-2)6-11-13(16)4-3-12(15)14(11)17/h3-4,7,9,18H,5-6H2,1-2H3. The third-order valence-corrected chi connectivity index (χ3v) is 4.55. The van der Waals surface area contributed by atoms with Gasteiger partial charge < -0.3 is 5.32 Å². The predicted octanol–water partition coefficient (Wildman–Crippen LogP) is 3.87. The van der Waals surface area contributed by atoms with E-state index in [1.165, 1.54) is 12.1 Å². The number of nitrogens with zero attached hydrogens (tertiary/aromatic N) is 1. The molecule has 108 valence electrons. The van der Waals surface area contributed by atoms with Crippen LogP contribution in [0.25, 0.3) is 0 Å². The quantitative estimate of drug-likeness (QED) is 0.818. The minimum absolute atomic E-state index is 0.0604. The lowest BCUT2D eigenvalue weighted by Gasteiger charge is -2.16. The Hall–Kier alpha value is -0.850. The minimum Gasteiger partial charge on any atom is -0.316 e. The molecule has 2 aromatic rings. The molecular weight excluding hydrogens is 346 g/mol. The molecule has 1 atom stereocenters. The van der Waals surface area contributed by atoms with Crippen molar-refractivity contribution in [2.75, 3.05) is 7.05 Å². The summed E-state index contributed by atoms with van der Waals surface area (Å²) in [5.41, 5.74) is 1.05. The van der Waals surface area contributed by atoms with Crippen LogP contribution in [0.1, 0.15) is 16.3 Å². The lowest BCUT2D eigenvalue weighted by Crippen LogP contribution is -2.30. The van der Waals surface area contributed by atoms with Crippen LogP contribution in [0, 0.1) is 18.6 Å². The second kappa shape index (κ2) is 6.74. The fourth-order valence-corrected chi connectivity index (χ4v) is 3.03. The van der Waals surface area contributed by atoms with Crippen LogP contribution in [0.4, 0.5) is 8.78 Å². The fraction of sp³-hybridized carbons (Fsp3) is 0.357. The van der Waals surface area contributed by atoms with Crippen molar-refractivity contribution in [2.45, 2.75) is 25.8 Å². The summed E-state index contributed by atoms with van der Waals surface area (Å²) in [6.07, 6.45) is 0.927. The Balaban J connectivity index is 2.16. The van der Waals surface area contributed by atoms with E-state index in [-0.39, 0.29) is 22.5 Å². The monoisotopic (exact) mass is 360 g/mol. The normalized spacial score (nSPS) is 12.7. The highest BCUT2D eigenvalue weighted by Gasteiger charge is 2.18. The topological polar surface area (TPSA) is 24.9 Å². The smallest absolute Gasteiger partial charge is 0.143 e. The van der Waals surface area contributed by atoms with Crippen LogP contribution in [-0.2, 0) is 12.8 Å². The third kappa shape index (κ3) is 3.62. The van der Waals surface area contributed by atoms with Crippen LogP contribution >= 0.6 is 27.3 Å². The molecule has 20 heavy (non-hydrogen) atoms. The fourth-order valence-electron chi connectivity index (χ4n) is 2.03. The van der Waals surface area contributed by atoms with Gasteiger partial charge >= 0.3 is 0 Å². The van der Waals surface area contributed by atoms with Gasteiger partial charge in [0.25, 0.3) is 0 Å². The van der Waals surface area contributed by atoms with Crippen LogP contribution in [0.5, 0.6) is 0 Å². The molecular formula is C14H15BrF2N2S. The van der Waals surface area contributed by atoms with Gasteiger partial charge in [0.05, 0.1) is 15.2 Å². The van der Waals surface area contributed by atoms with Gasteiger partial charge in [-0.25, -0.2) is 13.8 Å². The van der Waals surface area contributed by atoms with Gasteiger partial charge in [-0.1, -0.05) is 0 Å². The zero-order valence-corrected chi connectivity index (χ0v) is 13.6. The first-order chi connectivity index (χ1) is 9.51. The van der Waals surface area contributed by atoms with Crippen molar-refractivity contribution in [3.05, 3.63) is 49.9 Å². The van der Waals surface area contributed by atoms with Gasteiger partial charge in [0.2, 0.25) is 0 Å². The van der Waals surface area contributed by atoms with E-state index < -0.39 is 11.6 Å². The van der Waals surface area contributed by atoms with Crippen molar-refractivity contribution in [1.82, 2.24) is 10.3 Å². The van der Waals surface area contributed by atoms with Gasteiger partial charge in [-0.15, -0.1) is 11.3 Å². The summed E-state index contributed by atoms with van der Waals surface area (Å²) in [6, 6.07) is 2.60. The SMILES string of the molecule is CNC(Cc1csc(C)n1)Cc1c(F)ccc(Br)c1F. The highest BCUT2D eigenvalue weighted by Crippen LogP contribution is 2.23. The summed E-state index contributed by atoms with van der Waals surface area (Å²) in [5.74, 6) is -1.04. The average Bonchev–Trinajstić information content (AvgIpc) is 2.83. The number of aryl methyl sites for hydroxylation is 1. The molecule has 0 aliphatic rings. The lowest BCUT2D eigenvalue weighted by atomic mass is 10.0. The zero-order valence-electron chi connectivity index (χ0n) is 11.2. The molecule has 0 bridgehead atoms. The Bertz CT molecular complexity index is 601. The van der Waals surface area contributed by atoms with Crippen molar-refractivity contribution < 1.29 is 8.78 Å². The second-order valence-electron chi connectivity index (χ2n) is 4.57. The van der Waals surface area contributed by atoms with Crippen LogP contribution in [0.15, 0.2) is 22.0 Å². The van der Waals surface area contributed by atoms with Gasteiger partial charge in [0, 0.05) is 23.4 Å². The number of likely N-dealkylation sites (N-methyl/N-ethyl adjacent to an activating group) is 1.